The lowest BCUT2D eigenvalue weighted by Gasteiger charge is -2.34. The van der Waals surface area contributed by atoms with Gasteiger partial charge >= 0.3 is 12.1 Å². The molecule has 1 amide bonds. The number of ether oxygens (including phenoxy) is 3. The number of rotatable bonds is 9. The predicted molar refractivity (Wildman–Crippen MR) is 119 cm³/mol. The van der Waals surface area contributed by atoms with Gasteiger partial charge in [-0.2, -0.15) is 0 Å². The van der Waals surface area contributed by atoms with Crippen molar-refractivity contribution in [1.29, 1.82) is 0 Å². The highest BCUT2D eigenvalue weighted by Crippen LogP contribution is 2.24. The van der Waals surface area contributed by atoms with Crippen LogP contribution in [0.5, 0.6) is 5.75 Å². The quantitative estimate of drug-likeness (QED) is 0.393. The molecule has 1 aliphatic carbocycles. The van der Waals surface area contributed by atoms with Gasteiger partial charge in [0.2, 0.25) is 0 Å². The molecule has 1 atom stereocenters. The molecule has 1 heterocycles. The van der Waals surface area contributed by atoms with Crippen molar-refractivity contribution in [3.8, 4) is 5.75 Å². The first-order valence-corrected chi connectivity index (χ1v) is 11.9. The lowest BCUT2D eigenvalue weighted by molar-refractivity contribution is -0.151. The van der Waals surface area contributed by atoms with Crippen molar-refractivity contribution >= 4 is 12.1 Å². The summed E-state index contributed by atoms with van der Waals surface area (Å²) in [6, 6.07) is 7.63. The molecule has 2 aliphatic rings. The number of carbonyl (C=O) groups is 2. The Bertz CT molecular complexity index is 684. The first kappa shape index (κ1) is 23.4. The maximum absolute atomic E-state index is 12.7. The number of amides is 1. The summed E-state index contributed by atoms with van der Waals surface area (Å²) in [6.07, 6.45) is 11.4. The number of likely N-dealkylation sites (tertiary alicyclic amines) is 1. The first-order valence-electron chi connectivity index (χ1n) is 11.9. The molecular formula is C25H37NO5. The molecule has 1 unspecified atom stereocenters. The molecule has 31 heavy (non-hydrogen) atoms. The Kier molecular flexibility index (Phi) is 9.50. The van der Waals surface area contributed by atoms with Gasteiger partial charge in [-0.15, -0.1) is 0 Å². The van der Waals surface area contributed by atoms with Crippen molar-refractivity contribution in [2.75, 3.05) is 20.3 Å². The van der Waals surface area contributed by atoms with Crippen molar-refractivity contribution in [3.63, 3.8) is 0 Å². The summed E-state index contributed by atoms with van der Waals surface area (Å²) in [5.41, 5.74) is 1.28. The van der Waals surface area contributed by atoms with E-state index in [1.165, 1.54) is 12.0 Å². The summed E-state index contributed by atoms with van der Waals surface area (Å²) in [5, 5.41) is 0. The molecule has 6 nitrogen and oxygen atoms in total. The Morgan fingerprint density at radius 3 is 2.42 bits per heavy atom. The SMILES string of the molecule is COc1ccc(CCCCCOC(=O)C2CCCCN2C(=O)OC2CCCCC2)cc1. The zero-order chi connectivity index (χ0) is 21.9. The van der Waals surface area contributed by atoms with E-state index in [1.807, 2.05) is 12.1 Å². The highest BCUT2D eigenvalue weighted by Gasteiger charge is 2.35. The fourth-order valence-corrected chi connectivity index (χ4v) is 4.46. The Hall–Kier alpha value is -2.24. The van der Waals surface area contributed by atoms with Crippen molar-refractivity contribution in [1.82, 2.24) is 4.90 Å². The summed E-state index contributed by atoms with van der Waals surface area (Å²) in [7, 11) is 1.67. The Morgan fingerprint density at radius 2 is 1.68 bits per heavy atom. The minimum atomic E-state index is -0.496. The number of benzene rings is 1. The molecule has 0 N–H and O–H groups in total. The zero-order valence-corrected chi connectivity index (χ0v) is 18.9. The highest BCUT2D eigenvalue weighted by molar-refractivity contribution is 5.81. The second-order valence-corrected chi connectivity index (χ2v) is 8.67. The van der Waals surface area contributed by atoms with E-state index in [4.69, 9.17) is 14.2 Å². The lowest BCUT2D eigenvalue weighted by Crippen LogP contribution is -2.49. The van der Waals surface area contributed by atoms with E-state index < -0.39 is 6.04 Å². The molecular weight excluding hydrogens is 394 g/mol. The van der Waals surface area contributed by atoms with Gasteiger partial charge in [0.1, 0.15) is 17.9 Å². The van der Waals surface area contributed by atoms with Gasteiger partial charge in [0.25, 0.3) is 0 Å². The number of methoxy groups -OCH3 is 1. The van der Waals surface area contributed by atoms with E-state index in [1.54, 1.807) is 12.0 Å². The van der Waals surface area contributed by atoms with Gasteiger partial charge in [0.05, 0.1) is 13.7 Å². The fourth-order valence-electron chi connectivity index (χ4n) is 4.46. The largest absolute Gasteiger partial charge is 0.497 e. The van der Waals surface area contributed by atoms with Crippen LogP contribution in [0, 0.1) is 0 Å². The molecule has 0 radical (unpaired) electrons. The Morgan fingerprint density at radius 1 is 0.935 bits per heavy atom. The molecule has 0 bridgehead atoms. The van der Waals surface area contributed by atoms with Crippen LogP contribution in [0.3, 0.4) is 0 Å². The van der Waals surface area contributed by atoms with Crippen LogP contribution in [0.2, 0.25) is 0 Å². The van der Waals surface area contributed by atoms with Crippen LogP contribution in [0.25, 0.3) is 0 Å². The number of piperidine rings is 1. The van der Waals surface area contributed by atoms with Gasteiger partial charge in [-0.3, -0.25) is 4.90 Å². The summed E-state index contributed by atoms with van der Waals surface area (Å²) in [4.78, 5) is 26.9. The molecule has 6 heteroatoms. The molecule has 0 spiro atoms. The van der Waals surface area contributed by atoms with E-state index in [0.717, 1.165) is 70.0 Å². The number of esters is 1. The van der Waals surface area contributed by atoms with Gasteiger partial charge in [-0.25, -0.2) is 9.59 Å². The van der Waals surface area contributed by atoms with Gasteiger partial charge in [0, 0.05) is 6.54 Å². The molecule has 1 saturated heterocycles. The van der Waals surface area contributed by atoms with Crippen molar-refractivity contribution < 1.29 is 23.8 Å². The lowest BCUT2D eigenvalue weighted by atomic mass is 9.98. The van der Waals surface area contributed by atoms with Gasteiger partial charge in [-0.1, -0.05) is 18.6 Å². The Balaban J connectivity index is 1.35. The molecule has 2 fully saturated rings. The van der Waals surface area contributed by atoms with Crippen molar-refractivity contribution in [2.45, 2.75) is 89.2 Å². The minimum Gasteiger partial charge on any atom is -0.497 e. The van der Waals surface area contributed by atoms with Crippen LogP contribution in [0.15, 0.2) is 24.3 Å². The van der Waals surface area contributed by atoms with Crippen LogP contribution in [0.4, 0.5) is 4.79 Å². The molecule has 1 aromatic rings. The molecule has 172 valence electrons. The van der Waals surface area contributed by atoms with E-state index in [9.17, 15) is 9.59 Å². The average molecular weight is 432 g/mol. The number of aryl methyl sites for hydroxylation is 1. The summed E-state index contributed by atoms with van der Waals surface area (Å²) in [6.45, 7) is 0.983. The number of hydrogen-bond donors (Lipinski definition) is 0. The van der Waals surface area contributed by atoms with E-state index in [2.05, 4.69) is 12.1 Å². The van der Waals surface area contributed by atoms with Crippen LogP contribution in [0.1, 0.15) is 76.2 Å². The van der Waals surface area contributed by atoms with Gasteiger partial charge in [0.15, 0.2) is 0 Å². The summed E-state index contributed by atoms with van der Waals surface area (Å²) < 4.78 is 16.4. The van der Waals surface area contributed by atoms with Gasteiger partial charge in [-0.05, 0) is 88.3 Å². The van der Waals surface area contributed by atoms with Gasteiger partial charge < -0.3 is 14.2 Å². The molecule has 0 aromatic heterocycles. The number of unbranched alkanes of at least 4 members (excludes halogenated alkanes) is 2. The third kappa shape index (κ3) is 7.44. The van der Waals surface area contributed by atoms with Crippen LogP contribution in [-0.4, -0.2) is 49.4 Å². The predicted octanol–water partition coefficient (Wildman–Crippen LogP) is 5.28. The van der Waals surface area contributed by atoms with E-state index >= 15 is 0 Å². The van der Waals surface area contributed by atoms with Crippen molar-refractivity contribution in [3.05, 3.63) is 29.8 Å². The summed E-state index contributed by atoms with van der Waals surface area (Å²) >= 11 is 0. The Labute approximate surface area is 186 Å². The fraction of sp³-hybridized carbons (Fsp3) is 0.680. The maximum Gasteiger partial charge on any atom is 0.410 e. The van der Waals surface area contributed by atoms with Crippen LogP contribution < -0.4 is 4.74 Å². The topological polar surface area (TPSA) is 65.1 Å². The van der Waals surface area contributed by atoms with E-state index in [0.29, 0.717) is 19.6 Å². The van der Waals surface area contributed by atoms with Crippen LogP contribution in [-0.2, 0) is 20.7 Å². The zero-order valence-electron chi connectivity index (χ0n) is 18.9. The number of nitrogens with zero attached hydrogens (tertiary/aromatic N) is 1. The average Bonchev–Trinajstić information content (AvgIpc) is 2.82. The standard InChI is InChI=1S/C25H37NO5/c1-29-21-16-14-20(15-17-21)10-4-3-9-19-30-24(27)23-13-7-8-18-26(23)25(28)31-22-11-5-2-6-12-22/h14-17,22-23H,2-13,18-19H2,1H3. The summed E-state index contributed by atoms with van der Waals surface area (Å²) in [5.74, 6) is 0.588. The molecule has 1 aromatic carbocycles. The second-order valence-electron chi connectivity index (χ2n) is 8.67. The monoisotopic (exact) mass is 431 g/mol. The third-order valence-corrected chi connectivity index (χ3v) is 6.34. The maximum atomic E-state index is 12.7. The number of hydrogen-bond acceptors (Lipinski definition) is 5. The normalized spacial score (nSPS) is 19.6. The molecule has 3 rings (SSSR count). The molecule has 1 aliphatic heterocycles. The third-order valence-electron chi connectivity index (χ3n) is 6.34. The smallest absolute Gasteiger partial charge is 0.410 e. The minimum absolute atomic E-state index is 0.00514. The van der Waals surface area contributed by atoms with E-state index in [-0.39, 0.29) is 18.2 Å². The second kappa shape index (κ2) is 12.6. The molecule has 1 saturated carbocycles. The van der Waals surface area contributed by atoms with Crippen LogP contribution >= 0.6 is 0 Å². The number of carbonyl (C=O) groups excluding carboxylic acids is 2. The van der Waals surface area contributed by atoms with Crippen molar-refractivity contribution in [2.24, 2.45) is 0 Å². The highest BCUT2D eigenvalue weighted by atomic mass is 16.6. The first-order chi connectivity index (χ1) is 15.2.